The summed E-state index contributed by atoms with van der Waals surface area (Å²) in [5.41, 5.74) is 28.5. The van der Waals surface area contributed by atoms with E-state index in [0.29, 0.717) is 0 Å². The van der Waals surface area contributed by atoms with Crippen LogP contribution in [0.15, 0.2) is 340 Å². The maximum absolute atomic E-state index is 2.56. The highest BCUT2D eigenvalue weighted by Gasteiger charge is 2.54. The Balaban J connectivity index is 0.868. The number of anilines is 6. The number of rotatable bonds is 5. The molecule has 0 N–H and O–H groups in total. The van der Waals surface area contributed by atoms with Gasteiger partial charge in [-0.25, -0.2) is 0 Å². The van der Waals surface area contributed by atoms with E-state index >= 15 is 0 Å². The van der Waals surface area contributed by atoms with Crippen molar-refractivity contribution in [3.05, 3.63) is 384 Å². The van der Waals surface area contributed by atoms with E-state index in [-0.39, 0.29) is 0 Å². The van der Waals surface area contributed by atoms with E-state index in [1.165, 1.54) is 166 Å². The molecule has 16 aromatic rings. The fourth-order valence-electron chi connectivity index (χ4n) is 17.5. The highest BCUT2D eigenvalue weighted by atomic mass is 15.2. The van der Waals surface area contributed by atoms with E-state index in [1.54, 1.807) is 0 Å². The number of fused-ring (bicyclic) bond motifs is 22. The average Bonchev–Trinajstić information content (AvgIpc) is 1.48. The van der Waals surface area contributed by atoms with Crippen LogP contribution in [-0.4, -0.2) is 0 Å². The lowest BCUT2D eigenvalue weighted by Crippen LogP contribution is -2.36. The van der Waals surface area contributed by atoms with Gasteiger partial charge < -0.3 is 9.80 Å². The Hall–Kier alpha value is -11.8. The van der Waals surface area contributed by atoms with Gasteiger partial charge in [0.15, 0.2) is 0 Å². The van der Waals surface area contributed by atoms with Crippen LogP contribution < -0.4 is 9.80 Å². The van der Waals surface area contributed by atoms with Crippen molar-refractivity contribution >= 4 is 77.2 Å². The van der Waals surface area contributed by atoms with Gasteiger partial charge in [0.1, 0.15) is 0 Å². The van der Waals surface area contributed by atoms with Crippen molar-refractivity contribution in [2.45, 2.75) is 10.8 Å². The second kappa shape index (κ2) is 19.3. The van der Waals surface area contributed by atoms with Gasteiger partial charge in [0.25, 0.3) is 0 Å². The zero-order valence-electron chi connectivity index (χ0n) is 50.2. The molecular weight excluding hydrogens is 1110 g/mol. The molecule has 0 bridgehead atoms. The van der Waals surface area contributed by atoms with E-state index in [9.17, 15) is 0 Å². The predicted octanol–water partition coefficient (Wildman–Crippen LogP) is 23.6. The topological polar surface area (TPSA) is 6.48 Å². The van der Waals surface area contributed by atoms with Crippen molar-refractivity contribution < 1.29 is 0 Å². The number of hydrogen-bond acceptors (Lipinski definition) is 2. The third-order valence-electron chi connectivity index (χ3n) is 21.0. The maximum atomic E-state index is 2.56. The molecule has 92 heavy (non-hydrogen) atoms. The molecule has 2 aliphatic carbocycles. The van der Waals surface area contributed by atoms with Crippen molar-refractivity contribution in [2.75, 3.05) is 9.80 Å². The van der Waals surface area contributed by atoms with Crippen molar-refractivity contribution in [2.24, 2.45) is 0 Å². The smallest absolute Gasteiger partial charge is 0.0754 e. The Bertz CT molecular complexity index is 5410. The van der Waals surface area contributed by atoms with Gasteiger partial charge in [-0.1, -0.05) is 267 Å². The summed E-state index contributed by atoms with van der Waals surface area (Å²) in [6.45, 7) is 0. The van der Waals surface area contributed by atoms with Crippen LogP contribution >= 0.6 is 0 Å². The molecule has 0 saturated heterocycles. The second-order valence-corrected chi connectivity index (χ2v) is 25.3. The van der Waals surface area contributed by atoms with Crippen LogP contribution in [0.5, 0.6) is 0 Å². The molecule has 0 fully saturated rings. The molecule has 0 unspecified atom stereocenters. The van der Waals surface area contributed by atoms with Gasteiger partial charge >= 0.3 is 0 Å². The number of nitrogens with zero attached hydrogens (tertiary/aromatic N) is 2. The molecule has 0 atom stereocenters. The van der Waals surface area contributed by atoms with Crippen LogP contribution in [0.25, 0.3) is 98.7 Å². The Morgan fingerprint density at radius 1 is 0.185 bits per heavy atom. The van der Waals surface area contributed by atoms with Gasteiger partial charge in [0, 0.05) is 11.4 Å². The minimum Gasteiger partial charge on any atom is -0.310 e. The van der Waals surface area contributed by atoms with Crippen LogP contribution in [0, 0.1) is 0 Å². The summed E-state index contributed by atoms with van der Waals surface area (Å²) in [6.07, 6.45) is 0. The predicted molar refractivity (Wildman–Crippen MR) is 384 cm³/mol. The molecule has 2 heterocycles. The van der Waals surface area contributed by atoms with Crippen LogP contribution in [-0.2, 0) is 10.8 Å². The van der Waals surface area contributed by atoms with Gasteiger partial charge in [-0.2, -0.15) is 0 Å². The molecule has 2 spiro atoms. The average molecular weight is 1170 g/mol. The van der Waals surface area contributed by atoms with E-state index in [1.807, 2.05) is 0 Å². The van der Waals surface area contributed by atoms with E-state index < -0.39 is 10.8 Å². The summed E-state index contributed by atoms with van der Waals surface area (Å²) in [5.74, 6) is 0. The fourth-order valence-corrected chi connectivity index (χ4v) is 17.5. The lowest BCUT2D eigenvalue weighted by Gasteiger charge is -2.45. The first-order valence-corrected chi connectivity index (χ1v) is 32.2. The van der Waals surface area contributed by atoms with Crippen LogP contribution in [0.1, 0.15) is 44.5 Å². The Morgan fingerprint density at radius 2 is 0.522 bits per heavy atom. The Kier molecular flexibility index (Phi) is 10.7. The number of hydrogen-bond donors (Lipinski definition) is 0. The standard InChI is InChI=1S/C90H56N2/c1-3-27-62(28-4-1)91-82-47-17-13-41-76(82)89(77-42-14-18-48-83(77)91)74-39-11-9-31-70(74)87-66(37-23-45-80(87)89)64-33-21-35-68-72(64)56-73-65(34-22-36-69(73)86(68)60-52-51-59-53-57-25-7-8-26-58(57)54-61(59)55-60)67-38-24-46-81-88(67)71-32-10-12-40-75(71)90(81)78-43-15-19-49-84(78)92(63-29-5-2-6-30-63)85-50-20-16-44-79(85)90/h1-56H. The molecule has 0 aromatic heterocycles. The number of benzene rings is 16. The SMILES string of the molecule is c1ccc(N2c3ccccc3C3(c4ccccc4-c4c(-c5cccc6c(-c7ccc8cc9ccccc9cc8c7)c7cccc(-c8cccc9c8-c8ccccc8C98c9ccccc9N(c9ccccc9)c9ccccc98)c7cc56)cccc43)c3ccccc32)cc1. The summed E-state index contributed by atoms with van der Waals surface area (Å²) >= 11 is 0. The van der Waals surface area contributed by atoms with Crippen molar-refractivity contribution in [1.29, 1.82) is 0 Å². The highest BCUT2D eigenvalue weighted by Crippen LogP contribution is 2.67. The first kappa shape index (κ1) is 51.1. The third kappa shape index (κ3) is 6.77. The zero-order chi connectivity index (χ0) is 60.2. The molecule has 0 amide bonds. The number of para-hydroxylation sites is 6. The van der Waals surface area contributed by atoms with Crippen molar-refractivity contribution in [3.8, 4) is 55.6 Å². The summed E-state index contributed by atoms with van der Waals surface area (Å²) in [7, 11) is 0. The van der Waals surface area contributed by atoms with Crippen LogP contribution in [0.2, 0.25) is 0 Å². The Labute approximate surface area is 534 Å². The Morgan fingerprint density at radius 3 is 0.978 bits per heavy atom. The summed E-state index contributed by atoms with van der Waals surface area (Å²) in [6, 6.07) is 129. The molecule has 4 aliphatic rings. The second-order valence-electron chi connectivity index (χ2n) is 25.3. The monoisotopic (exact) mass is 1160 g/mol. The van der Waals surface area contributed by atoms with Crippen LogP contribution in [0.4, 0.5) is 34.1 Å². The molecule has 20 rings (SSSR count). The molecule has 0 saturated carbocycles. The zero-order valence-corrected chi connectivity index (χ0v) is 50.2. The molecule has 2 aliphatic heterocycles. The van der Waals surface area contributed by atoms with E-state index in [0.717, 1.165) is 11.4 Å². The van der Waals surface area contributed by atoms with Gasteiger partial charge in [-0.3, -0.25) is 0 Å². The first-order chi connectivity index (χ1) is 45.7. The van der Waals surface area contributed by atoms with E-state index in [2.05, 4.69) is 350 Å². The normalized spacial score (nSPS) is 14.0. The summed E-state index contributed by atoms with van der Waals surface area (Å²) in [4.78, 5) is 4.94. The minimum atomic E-state index is -0.605. The van der Waals surface area contributed by atoms with Gasteiger partial charge in [0.2, 0.25) is 0 Å². The summed E-state index contributed by atoms with van der Waals surface area (Å²) in [5, 5.41) is 9.82. The molecule has 16 aromatic carbocycles. The minimum absolute atomic E-state index is 0.605. The molecule has 2 nitrogen and oxygen atoms in total. The lowest BCUT2D eigenvalue weighted by molar-refractivity contribution is 0.753. The largest absolute Gasteiger partial charge is 0.310 e. The quantitative estimate of drug-likeness (QED) is 0.159. The van der Waals surface area contributed by atoms with E-state index in [4.69, 9.17) is 0 Å². The molecule has 2 heteroatoms. The highest BCUT2D eigenvalue weighted by molar-refractivity contribution is 6.21. The van der Waals surface area contributed by atoms with Crippen LogP contribution in [0.3, 0.4) is 0 Å². The lowest BCUT2D eigenvalue weighted by atomic mass is 9.64. The van der Waals surface area contributed by atoms with Crippen molar-refractivity contribution in [3.63, 3.8) is 0 Å². The van der Waals surface area contributed by atoms with Gasteiger partial charge in [-0.15, -0.1) is 0 Å². The fraction of sp³-hybridized carbons (Fsp3) is 0.0222. The maximum Gasteiger partial charge on any atom is 0.0754 e. The van der Waals surface area contributed by atoms with Gasteiger partial charge in [0.05, 0.1) is 33.6 Å². The first-order valence-electron chi connectivity index (χ1n) is 32.2. The summed E-state index contributed by atoms with van der Waals surface area (Å²) < 4.78 is 0. The van der Waals surface area contributed by atoms with Crippen molar-refractivity contribution in [1.82, 2.24) is 0 Å². The molecular formula is C90H56N2. The third-order valence-corrected chi connectivity index (χ3v) is 21.0. The molecule has 0 radical (unpaired) electrons. The van der Waals surface area contributed by atoms with Gasteiger partial charge in [-0.05, 0) is 216 Å². The molecule has 426 valence electrons.